The van der Waals surface area contributed by atoms with E-state index in [0.29, 0.717) is 0 Å². The molecule has 1 fully saturated rings. The molecule has 0 radical (unpaired) electrons. The first kappa shape index (κ1) is 18.9. The van der Waals surface area contributed by atoms with Crippen LogP contribution in [0.3, 0.4) is 0 Å². The fraction of sp³-hybridized carbons (Fsp3) is 0.381. The number of barbiturate groups is 1. The summed E-state index contributed by atoms with van der Waals surface area (Å²) >= 11 is 0. The lowest BCUT2D eigenvalue weighted by atomic mass is 9.83. The lowest BCUT2D eigenvalue weighted by molar-refractivity contribution is -0.135. The number of hydrogen-bond donors (Lipinski definition) is 0. The van der Waals surface area contributed by atoms with E-state index in [0.717, 1.165) is 21.2 Å². The van der Waals surface area contributed by atoms with Crippen molar-refractivity contribution in [2.24, 2.45) is 0 Å². The van der Waals surface area contributed by atoms with Gasteiger partial charge in [-0.25, -0.2) is 4.79 Å². The third-order valence-electron chi connectivity index (χ3n) is 5.39. The van der Waals surface area contributed by atoms with Crippen molar-refractivity contribution >= 4 is 23.5 Å². The van der Waals surface area contributed by atoms with Crippen molar-refractivity contribution < 1.29 is 14.4 Å². The van der Waals surface area contributed by atoms with Crippen LogP contribution in [0.4, 0.5) is 10.5 Å². The molecule has 0 saturated carbocycles. The maximum atomic E-state index is 12.7. The topological polar surface area (TPSA) is 60.9 Å². The van der Waals surface area contributed by atoms with Crippen LogP contribution in [0.15, 0.2) is 47.7 Å². The van der Waals surface area contributed by atoms with E-state index in [1.165, 1.54) is 5.56 Å². The normalized spacial score (nSPS) is 20.6. The zero-order valence-corrected chi connectivity index (χ0v) is 16.4. The van der Waals surface area contributed by atoms with Gasteiger partial charge in [-0.05, 0) is 37.6 Å². The maximum Gasteiger partial charge on any atom is 0.333 e. The number of allylic oxidation sites excluding steroid dienone is 3. The molecule has 2 aliphatic rings. The third-order valence-corrected chi connectivity index (χ3v) is 5.39. The van der Waals surface area contributed by atoms with Crippen LogP contribution in [0.2, 0.25) is 0 Å². The van der Waals surface area contributed by atoms with E-state index in [4.69, 9.17) is 0 Å². The Morgan fingerprint density at radius 3 is 2.00 bits per heavy atom. The molecule has 0 N–H and O–H groups in total. The minimum atomic E-state index is -0.550. The summed E-state index contributed by atoms with van der Waals surface area (Å²) in [5.74, 6) is -1.07. The molecule has 0 atom stereocenters. The molecular formula is C21H25N3O3. The monoisotopic (exact) mass is 367 g/mol. The van der Waals surface area contributed by atoms with E-state index in [9.17, 15) is 14.4 Å². The second kappa shape index (κ2) is 6.68. The molecule has 0 aromatic heterocycles. The summed E-state index contributed by atoms with van der Waals surface area (Å²) in [5.41, 5.74) is 3.05. The van der Waals surface area contributed by atoms with Crippen LogP contribution in [-0.4, -0.2) is 47.8 Å². The number of carbonyl (C=O) groups is 3. The largest absolute Gasteiger partial charge is 0.347 e. The molecule has 2 heterocycles. The predicted octanol–water partition coefficient (Wildman–Crippen LogP) is 3.05. The Kier molecular flexibility index (Phi) is 4.68. The van der Waals surface area contributed by atoms with Crippen molar-refractivity contribution in [1.82, 2.24) is 9.80 Å². The average Bonchev–Trinajstić information content (AvgIpc) is 2.83. The first-order chi connectivity index (χ1) is 12.8. The summed E-state index contributed by atoms with van der Waals surface area (Å²) in [6.07, 6.45) is 3.38. The van der Waals surface area contributed by atoms with Crippen LogP contribution in [0.1, 0.15) is 33.3 Å². The van der Waals surface area contributed by atoms with Gasteiger partial charge in [-0.15, -0.1) is 0 Å². The van der Waals surface area contributed by atoms with Gasteiger partial charge >= 0.3 is 6.03 Å². The van der Waals surface area contributed by atoms with Crippen LogP contribution in [0.25, 0.3) is 0 Å². The van der Waals surface area contributed by atoms with Gasteiger partial charge in [0.05, 0.1) is 0 Å². The van der Waals surface area contributed by atoms with E-state index in [2.05, 4.69) is 30.9 Å². The second-order valence-electron chi connectivity index (χ2n) is 7.21. The molecule has 1 aromatic carbocycles. The number of fused-ring (bicyclic) bond motifs is 1. The third kappa shape index (κ3) is 2.76. The zero-order valence-electron chi connectivity index (χ0n) is 16.4. The Labute approximate surface area is 159 Å². The number of hydrogen-bond acceptors (Lipinski definition) is 4. The summed E-state index contributed by atoms with van der Waals surface area (Å²) in [4.78, 5) is 41.9. The lowest BCUT2D eigenvalue weighted by Crippen LogP contribution is -2.56. The molecule has 4 amide bonds. The first-order valence-electron chi connectivity index (χ1n) is 9.19. The molecule has 2 aliphatic heterocycles. The van der Waals surface area contributed by atoms with Crippen molar-refractivity contribution in [3.8, 4) is 0 Å². The quantitative estimate of drug-likeness (QED) is 0.609. The molecule has 3 rings (SSSR count). The van der Waals surface area contributed by atoms with Gasteiger partial charge in [-0.1, -0.05) is 32.0 Å². The van der Waals surface area contributed by atoms with Crippen molar-refractivity contribution in [1.29, 1.82) is 0 Å². The van der Waals surface area contributed by atoms with Gasteiger partial charge in [-0.3, -0.25) is 19.4 Å². The Morgan fingerprint density at radius 2 is 1.48 bits per heavy atom. The number of para-hydroxylation sites is 1. The molecule has 1 saturated heterocycles. The molecule has 27 heavy (non-hydrogen) atoms. The number of likely N-dealkylation sites (N-methyl/N-ethyl adjacent to an activating group) is 3. The molecule has 0 bridgehead atoms. The van der Waals surface area contributed by atoms with Crippen LogP contribution in [0, 0.1) is 0 Å². The van der Waals surface area contributed by atoms with E-state index < -0.39 is 17.8 Å². The molecule has 1 aromatic rings. The van der Waals surface area contributed by atoms with Crippen LogP contribution in [0.5, 0.6) is 0 Å². The lowest BCUT2D eigenvalue weighted by Gasteiger charge is -2.32. The smallest absolute Gasteiger partial charge is 0.333 e. The van der Waals surface area contributed by atoms with Gasteiger partial charge in [-0.2, -0.15) is 0 Å². The van der Waals surface area contributed by atoms with Gasteiger partial charge in [0.1, 0.15) is 5.57 Å². The Bertz CT molecular complexity index is 854. The van der Waals surface area contributed by atoms with Crippen LogP contribution >= 0.6 is 0 Å². The van der Waals surface area contributed by atoms with E-state index in [-0.39, 0.29) is 24.1 Å². The number of benzene rings is 1. The van der Waals surface area contributed by atoms with Gasteiger partial charge in [0.2, 0.25) is 0 Å². The van der Waals surface area contributed by atoms with Gasteiger partial charge in [0.25, 0.3) is 11.8 Å². The summed E-state index contributed by atoms with van der Waals surface area (Å²) in [6.45, 7) is 8.13. The predicted molar refractivity (Wildman–Crippen MR) is 104 cm³/mol. The number of nitrogens with zero attached hydrogens (tertiary/aromatic N) is 3. The first-order valence-corrected chi connectivity index (χ1v) is 9.19. The summed E-state index contributed by atoms with van der Waals surface area (Å²) in [6, 6.07) is 7.59. The Morgan fingerprint density at radius 1 is 0.926 bits per heavy atom. The molecule has 6 nitrogen and oxygen atoms in total. The van der Waals surface area contributed by atoms with Crippen LogP contribution < -0.4 is 4.90 Å². The molecule has 6 heteroatoms. The Hall–Kier alpha value is -2.89. The fourth-order valence-corrected chi connectivity index (χ4v) is 3.87. The molecular weight excluding hydrogens is 342 g/mol. The molecule has 0 unspecified atom stereocenters. The van der Waals surface area contributed by atoms with Crippen molar-refractivity contribution in [3.05, 3.63) is 53.3 Å². The summed E-state index contributed by atoms with van der Waals surface area (Å²) in [7, 11) is 1.97. The van der Waals surface area contributed by atoms with Crippen molar-refractivity contribution in [2.75, 3.05) is 25.0 Å². The number of rotatable bonds is 3. The standard InChI is InChI=1S/C21H25N3O3/c1-6-23-18(25)14(19(26)24(7-2)20(23)27)12-13-17-21(3,4)15-10-8-9-11-16(15)22(17)5/h8-13H,6-7H2,1-5H3. The van der Waals surface area contributed by atoms with E-state index in [1.807, 2.05) is 25.3 Å². The molecule has 0 spiro atoms. The molecule has 0 aliphatic carbocycles. The SMILES string of the molecule is CCN1C(=O)C(=CC=C2N(C)c3ccccc3C2(C)C)C(=O)N(CC)C1=O. The highest BCUT2D eigenvalue weighted by Crippen LogP contribution is 2.46. The molecule has 142 valence electrons. The number of imide groups is 2. The Balaban J connectivity index is 2.05. The van der Waals surface area contributed by atoms with Crippen molar-refractivity contribution in [3.63, 3.8) is 0 Å². The number of amides is 4. The van der Waals surface area contributed by atoms with E-state index in [1.54, 1.807) is 19.9 Å². The van der Waals surface area contributed by atoms with Crippen molar-refractivity contribution in [2.45, 2.75) is 33.1 Å². The minimum absolute atomic E-state index is 0.0194. The maximum absolute atomic E-state index is 12.7. The summed E-state index contributed by atoms with van der Waals surface area (Å²) in [5, 5.41) is 0. The summed E-state index contributed by atoms with van der Waals surface area (Å²) < 4.78 is 0. The minimum Gasteiger partial charge on any atom is -0.347 e. The van der Waals surface area contributed by atoms with Gasteiger partial charge < -0.3 is 4.90 Å². The average molecular weight is 367 g/mol. The van der Waals surface area contributed by atoms with Gasteiger partial charge in [0, 0.05) is 36.9 Å². The highest BCUT2D eigenvalue weighted by Gasteiger charge is 2.41. The highest BCUT2D eigenvalue weighted by molar-refractivity contribution is 6.28. The van der Waals surface area contributed by atoms with Gasteiger partial charge in [0.15, 0.2) is 0 Å². The fourth-order valence-electron chi connectivity index (χ4n) is 3.87. The number of carbonyl (C=O) groups excluding carboxylic acids is 3. The highest BCUT2D eigenvalue weighted by atomic mass is 16.2. The second-order valence-corrected chi connectivity index (χ2v) is 7.21. The zero-order chi connectivity index (χ0) is 19.9. The number of anilines is 1. The number of urea groups is 1. The van der Waals surface area contributed by atoms with Crippen LogP contribution in [-0.2, 0) is 15.0 Å². The van der Waals surface area contributed by atoms with E-state index >= 15 is 0 Å².